The first-order valence-electron chi connectivity index (χ1n) is 6.31. The number of nitrogens with zero attached hydrogens (tertiary/aromatic N) is 1. The van der Waals surface area contributed by atoms with Crippen molar-refractivity contribution < 1.29 is 14.6 Å². The van der Waals surface area contributed by atoms with Crippen molar-refractivity contribution in [3.8, 4) is 0 Å². The number of aliphatic hydroxyl groups excluding tert-OH is 1. The number of nitrogens with one attached hydrogen (secondary N) is 1. The van der Waals surface area contributed by atoms with Gasteiger partial charge in [0.2, 0.25) is 0 Å². The summed E-state index contributed by atoms with van der Waals surface area (Å²) in [7, 11) is 0. The Kier molecular flexibility index (Phi) is 9.32. The smallest absolute Gasteiger partial charge is 0.253 e. The SMILES string of the molecule is Cl.Cl.NC[C@@H](O)CNc1ccc(N2CCOCC2=O)cc1. The number of aliphatic hydroxyl groups is 1. The fourth-order valence-electron chi connectivity index (χ4n) is 1.87. The van der Waals surface area contributed by atoms with E-state index in [0.29, 0.717) is 19.7 Å². The molecule has 0 saturated carbocycles. The summed E-state index contributed by atoms with van der Waals surface area (Å²) in [5.74, 6) is -0.0227. The maximum atomic E-state index is 11.7. The molecule has 2 rings (SSSR count). The molecule has 1 heterocycles. The number of benzene rings is 1. The van der Waals surface area contributed by atoms with Gasteiger partial charge in [-0.15, -0.1) is 24.8 Å². The molecule has 1 amide bonds. The zero-order valence-electron chi connectivity index (χ0n) is 11.5. The summed E-state index contributed by atoms with van der Waals surface area (Å²) in [6.45, 7) is 1.92. The van der Waals surface area contributed by atoms with Crippen LogP contribution < -0.4 is 16.0 Å². The Morgan fingerprint density at radius 1 is 1.33 bits per heavy atom. The highest BCUT2D eigenvalue weighted by molar-refractivity contribution is 5.95. The highest BCUT2D eigenvalue weighted by atomic mass is 35.5. The van der Waals surface area contributed by atoms with Gasteiger partial charge < -0.3 is 25.8 Å². The van der Waals surface area contributed by atoms with Crippen LogP contribution in [-0.2, 0) is 9.53 Å². The molecule has 1 aliphatic rings. The number of hydrogen-bond acceptors (Lipinski definition) is 5. The first-order chi connectivity index (χ1) is 9.20. The molecular formula is C13H21Cl2N3O3. The van der Waals surface area contributed by atoms with Crippen molar-refractivity contribution in [2.24, 2.45) is 5.73 Å². The maximum Gasteiger partial charge on any atom is 0.253 e. The van der Waals surface area contributed by atoms with Crippen LogP contribution >= 0.6 is 24.8 Å². The van der Waals surface area contributed by atoms with E-state index in [2.05, 4.69) is 5.32 Å². The minimum absolute atomic E-state index is 0. The van der Waals surface area contributed by atoms with Crippen LogP contribution in [0.3, 0.4) is 0 Å². The second-order valence-electron chi connectivity index (χ2n) is 4.42. The van der Waals surface area contributed by atoms with Gasteiger partial charge in [0, 0.05) is 31.0 Å². The number of nitrogens with two attached hydrogens (primary N) is 1. The highest BCUT2D eigenvalue weighted by Gasteiger charge is 2.19. The molecular weight excluding hydrogens is 317 g/mol. The molecule has 120 valence electrons. The molecule has 21 heavy (non-hydrogen) atoms. The fraction of sp³-hybridized carbons (Fsp3) is 0.462. The van der Waals surface area contributed by atoms with Crippen molar-refractivity contribution in [1.82, 2.24) is 0 Å². The molecule has 1 aromatic rings. The van der Waals surface area contributed by atoms with E-state index in [1.807, 2.05) is 24.3 Å². The number of hydrogen-bond donors (Lipinski definition) is 3. The third-order valence-electron chi connectivity index (χ3n) is 2.98. The molecule has 0 aliphatic carbocycles. The topological polar surface area (TPSA) is 87.8 Å². The van der Waals surface area contributed by atoms with Gasteiger partial charge in [-0.2, -0.15) is 0 Å². The van der Waals surface area contributed by atoms with Gasteiger partial charge in [-0.1, -0.05) is 0 Å². The van der Waals surface area contributed by atoms with Crippen molar-refractivity contribution in [1.29, 1.82) is 0 Å². The normalized spacial score (nSPS) is 15.7. The minimum Gasteiger partial charge on any atom is -0.390 e. The number of anilines is 2. The first kappa shape index (κ1) is 19.9. The number of amides is 1. The Labute approximate surface area is 136 Å². The first-order valence-corrected chi connectivity index (χ1v) is 6.31. The second-order valence-corrected chi connectivity index (χ2v) is 4.42. The van der Waals surface area contributed by atoms with Crippen LogP contribution in [0.15, 0.2) is 24.3 Å². The minimum atomic E-state index is -0.555. The lowest BCUT2D eigenvalue weighted by molar-refractivity contribution is -0.125. The average molecular weight is 338 g/mol. The van der Waals surface area contributed by atoms with Gasteiger partial charge in [0.05, 0.1) is 12.7 Å². The molecule has 0 unspecified atom stereocenters. The van der Waals surface area contributed by atoms with E-state index in [-0.39, 0.29) is 43.9 Å². The summed E-state index contributed by atoms with van der Waals surface area (Å²) in [5, 5.41) is 12.4. The van der Waals surface area contributed by atoms with E-state index < -0.39 is 6.10 Å². The molecule has 0 aromatic heterocycles. The van der Waals surface area contributed by atoms with E-state index >= 15 is 0 Å². The Hall–Kier alpha value is -1.05. The van der Waals surface area contributed by atoms with Crippen molar-refractivity contribution in [2.75, 3.05) is 43.1 Å². The monoisotopic (exact) mass is 337 g/mol. The van der Waals surface area contributed by atoms with Gasteiger partial charge in [-0.25, -0.2) is 0 Å². The maximum absolute atomic E-state index is 11.7. The van der Waals surface area contributed by atoms with Gasteiger partial charge >= 0.3 is 0 Å². The summed E-state index contributed by atoms with van der Waals surface area (Å²) < 4.78 is 5.09. The van der Waals surface area contributed by atoms with Crippen LogP contribution in [0.1, 0.15) is 0 Å². The molecule has 1 saturated heterocycles. The Balaban J connectivity index is 0.00000200. The van der Waals surface area contributed by atoms with Gasteiger partial charge in [-0.3, -0.25) is 4.79 Å². The number of rotatable bonds is 5. The van der Waals surface area contributed by atoms with Gasteiger partial charge in [0.1, 0.15) is 6.61 Å². The number of halogens is 2. The quantitative estimate of drug-likeness (QED) is 0.733. The third-order valence-corrected chi connectivity index (χ3v) is 2.98. The van der Waals surface area contributed by atoms with Gasteiger partial charge in [0.15, 0.2) is 0 Å². The van der Waals surface area contributed by atoms with Gasteiger partial charge in [0.25, 0.3) is 5.91 Å². The number of carbonyl (C=O) groups is 1. The molecule has 0 bridgehead atoms. The molecule has 1 fully saturated rings. The molecule has 4 N–H and O–H groups in total. The van der Waals surface area contributed by atoms with Crippen LogP contribution in [0.2, 0.25) is 0 Å². The lowest BCUT2D eigenvalue weighted by Crippen LogP contribution is -2.41. The van der Waals surface area contributed by atoms with E-state index in [1.165, 1.54) is 0 Å². The summed E-state index contributed by atoms with van der Waals surface area (Å²) in [4.78, 5) is 13.4. The zero-order valence-corrected chi connectivity index (χ0v) is 13.2. The van der Waals surface area contributed by atoms with Crippen molar-refractivity contribution in [3.05, 3.63) is 24.3 Å². The average Bonchev–Trinajstić information content (AvgIpc) is 2.46. The lowest BCUT2D eigenvalue weighted by Gasteiger charge is -2.27. The molecule has 0 radical (unpaired) electrons. The lowest BCUT2D eigenvalue weighted by atomic mass is 10.2. The predicted molar refractivity (Wildman–Crippen MR) is 87.7 cm³/mol. The number of carbonyl (C=O) groups excluding carboxylic acids is 1. The Morgan fingerprint density at radius 2 is 2.00 bits per heavy atom. The van der Waals surface area contributed by atoms with E-state index in [0.717, 1.165) is 11.4 Å². The van der Waals surface area contributed by atoms with Crippen LogP contribution in [-0.4, -0.2) is 50.0 Å². The van der Waals surface area contributed by atoms with Gasteiger partial charge in [-0.05, 0) is 24.3 Å². The molecule has 8 heteroatoms. The summed E-state index contributed by atoms with van der Waals surface area (Å²) >= 11 is 0. The molecule has 1 atom stereocenters. The van der Waals surface area contributed by atoms with Crippen molar-refractivity contribution in [2.45, 2.75) is 6.10 Å². The Morgan fingerprint density at radius 3 is 2.57 bits per heavy atom. The van der Waals surface area contributed by atoms with Crippen LogP contribution in [0.5, 0.6) is 0 Å². The van der Waals surface area contributed by atoms with E-state index in [1.54, 1.807) is 4.90 Å². The van der Waals surface area contributed by atoms with Crippen molar-refractivity contribution >= 4 is 42.1 Å². The fourth-order valence-corrected chi connectivity index (χ4v) is 1.87. The molecule has 6 nitrogen and oxygen atoms in total. The van der Waals surface area contributed by atoms with E-state index in [9.17, 15) is 9.90 Å². The number of ether oxygens (including phenoxy) is 1. The summed E-state index contributed by atoms with van der Waals surface area (Å²) in [6, 6.07) is 7.50. The summed E-state index contributed by atoms with van der Waals surface area (Å²) in [6.07, 6.45) is -0.555. The Bertz CT molecular complexity index is 431. The standard InChI is InChI=1S/C13H19N3O3.2ClH/c14-7-12(17)8-15-10-1-3-11(4-2-10)16-5-6-19-9-13(16)18;;/h1-4,12,15,17H,5-9,14H2;2*1H/t12-;;/m1../s1. The highest BCUT2D eigenvalue weighted by Crippen LogP contribution is 2.19. The van der Waals surface area contributed by atoms with Crippen molar-refractivity contribution in [3.63, 3.8) is 0 Å². The summed E-state index contributed by atoms with van der Waals surface area (Å²) in [5.41, 5.74) is 7.07. The second kappa shape index (κ2) is 9.81. The third kappa shape index (κ3) is 5.68. The largest absolute Gasteiger partial charge is 0.390 e. The molecule has 1 aliphatic heterocycles. The van der Waals surface area contributed by atoms with E-state index in [4.69, 9.17) is 10.5 Å². The number of morpholine rings is 1. The van der Waals surface area contributed by atoms with Crippen LogP contribution in [0.25, 0.3) is 0 Å². The predicted octanol–water partition coefficient (Wildman–Crippen LogP) is 0.625. The molecule has 1 aromatic carbocycles. The zero-order chi connectivity index (χ0) is 13.7. The van der Waals surface area contributed by atoms with Crippen LogP contribution in [0, 0.1) is 0 Å². The van der Waals surface area contributed by atoms with Crippen LogP contribution in [0.4, 0.5) is 11.4 Å². The molecule has 0 spiro atoms.